The molecule has 1 saturated heterocycles. The molecule has 0 unspecified atom stereocenters. The number of rotatable bonds is 7. The number of hydrogen-bond donors (Lipinski definition) is 3. The zero-order valence-electron chi connectivity index (χ0n) is 17.5. The average molecular weight is 423 g/mol. The first-order chi connectivity index (χ1) is 15.0. The fourth-order valence-electron chi connectivity index (χ4n) is 4.13. The lowest BCUT2D eigenvalue weighted by molar-refractivity contribution is 0.230. The fourth-order valence-corrected chi connectivity index (χ4v) is 4.13. The Morgan fingerprint density at radius 2 is 1.61 bits per heavy atom. The first-order valence-electron chi connectivity index (χ1n) is 10.6. The smallest absolute Gasteiger partial charge is 0.127 e. The highest BCUT2D eigenvalue weighted by Gasteiger charge is 2.20. The summed E-state index contributed by atoms with van der Waals surface area (Å²) in [6, 6.07) is 17.5. The summed E-state index contributed by atoms with van der Waals surface area (Å²) in [6.07, 6.45) is 2.25. The molecule has 1 aliphatic rings. The van der Waals surface area contributed by atoms with Gasteiger partial charge >= 0.3 is 0 Å². The molecule has 3 aromatic carbocycles. The molecule has 0 aliphatic carbocycles. The third-order valence-corrected chi connectivity index (χ3v) is 5.82. The van der Waals surface area contributed by atoms with Gasteiger partial charge in [-0.05, 0) is 72.5 Å². The Morgan fingerprint density at radius 1 is 0.871 bits per heavy atom. The van der Waals surface area contributed by atoms with Crippen molar-refractivity contribution in [1.29, 1.82) is 0 Å². The molecule has 1 atom stereocenters. The molecule has 0 amide bonds. The van der Waals surface area contributed by atoms with Gasteiger partial charge in [-0.25, -0.2) is 8.78 Å². The molecule has 5 N–H and O–H groups in total. The lowest BCUT2D eigenvalue weighted by atomic mass is 10.0. The van der Waals surface area contributed by atoms with Crippen LogP contribution in [0.5, 0.6) is 0 Å². The third kappa shape index (κ3) is 5.40. The number of nitrogens with one attached hydrogen (secondary N) is 1. The van der Waals surface area contributed by atoms with Gasteiger partial charge in [0.2, 0.25) is 0 Å². The van der Waals surface area contributed by atoms with Gasteiger partial charge in [0.25, 0.3) is 0 Å². The van der Waals surface area contributed by atoms with Gasteiger partial charge < -0.3 is 16.8 Å². The Morgan fingerprint density at radius 3 is 2.32 bits per heavy atom. The van der Waals surface area contributed by atoms with Crippen LogP contribution in [0.25, 0.3) is 11.1 Å². The van der Waals surface area contributed by atoms with Crippen molar-refractivity contribution in [2.75, 3.05) is 24.6 Å². The van der Waals surface area contributed by atoms with Crippen LogP contribution in [0.3, 0.4) is 0 Å². The minimum atomic E-state index is -0.255. The molecule has 0 radical (unpaired) electrons. The Balaban J connectivity index is 1.58. The summed E-state index contributed by atoms with van der Waals surface area (Å²) in [4.78, 5) is 2.22. The van der Waals surface area contributed by atoms with E-state index in [1.54, 1.807) is 24.3 Å². The van der Waals surface area contributed by atoms with Crippen molar-refractivity contribution in [3.63, 3.8) is 0 Å². The quantitative estimate of drug-likeness (QED) is 0.489. The van der Waals surface area contributed by atoms with E-state index in [9.17, 15) is 8.78 Å². The van der Waals surface area contributed by atoms with E-state index in [2.05, 4.69) is 10.2 Å². The van der Waals surface area contributed by atoms with Crippen molar-refractivity contribution < 1.29 is 8.78 Å². The van der Waals surface area contributed by atoms with Crippen LogP contribution in [0, 0.1) is 11.6 Å². The lowest BCUT2D eigenvalue weighted by Crippen LogP contribution is -2.37. The molecule has 4 nitrogen and oxygen atoms in total. The SMILES string of the molecule is Nc1ccc(-c2ccc(F)c(CN(Cc3ccc(F)cc3)C[C@H]3CCCN3)c2)cc1N. The summed E-state index contributed by atoms with van der Waals surface area (Å²) < 4.78 is 28.1. The highest BCUT2D eigenvalue weighted by atomic mass is 19.1. The van der Waals surface area contributed by atoms with Crippen LogP contribution in [0.1, 0.15) is 24.0 Å². The van der Waals surface area contributed by atoms with Gasteiger partial charge in [0.1, 0.15) is 11.6 Å². The molecule has 0 aromatic heterocycles. The van der Waals surface area contributed by atoms with Crippen molar-refractivity contribution in [2.45, 2.75) is 32.0 Å². The van der Waals surface area contributed by atoms with E-state index in [0.717, 1.165) is 42.6 Å². The van der Waals surface area contributed by atoms with Gasteiger partial charge in [0.05, 0.1) is 11.4 Å². The Hall–Kier alpha value is -2.96. The summed E-state index contributed by atoms with van der Waals surface area (Å²) in [5.41, 5.74) is 16.2. The summed E-state index contributed by atoms with van der Waals surface area (Å²) in [6.45, 7) is 2.89. The van der Waals surface area contributed by atoms with Crippen LogP contribution >= 0.6 is 0 Å². The predicted molar refractivity (Wildman–Crippen MR) is 122 cm³/mol. The molecule has 162 valence electrons. The van der Waals surface area contributed by atoms with Crippen molar-refractivity contribution in [2.24, 2.45) is 0 Å². The molecule has 6 heteroatoms. The van der Waals surface area contributed by atoms with E-state index in [1.165, 1.54) is 18.2 Å². The fraction of sp³-hybridized carbons (Fsp3) is 0.280. The number of hydrogen-bond acceptors (Lipinski definition) is 4. The number of halogens is 2. The zero-order chi connectivity index (χ0) is 21.8. The second-order valence-electron chi connectivity index (χ2n) is 8.24. The van der Waals surface area contributed by atoms with E-state index >= 15 is 0 Å². The molecule has 3 aromatic rings. The average Bonchev–Trinajstić information content (AvgIpc) is 3.26. The number of nitrogens with zero attached hydrogens (tertiary/aromatic N) is 1. The number of benzene rings is 3. The van der Waals surface area contributed by atoms with E-state index in [4.69, 9.17) is 11.5 Å². The molecule has 0 bridgehead atoms. The Bertz CT molecular complexity index is 1030. The zero-order valence-corrected chi connectivity index (χ0v) is 17.5. The minimum absolute atomic E-state index is 0.240. The standard InChI is InChI=1S/C25H28F2N4/c26-21-7-3-17(4-8-21)14-31(16-22-2-1-11-30-22)15-20-12-18(5-9-23(20)27)19-6-10-24(28)25(29)13-19/h3-10,12-13,22,30H,1-2,11,14-16,28-29H2/t22-/m1/s1. The summed E-state index contributed by atoms with van der Waals surface area (Å²) in [5, 5.41) is 3.51. The van der Waals surface area contributed by atoms with E-state index in [0.29, 0.717) is 36.1 Å². The molecule has 0 saturated carbocycles. The van der Waals surface area contributed by atoms with Gasteiger partial charge in [-0.15, -0.1) is 0 Å². The van der Waals surface area contributed by atoms with Crippen molar-refractivity contribution in [3.05, 3.63) is 83.4 Å². The second-order valence-corrected chi connectivity index (χ2v) is 8.24. The first kappa shape index (κ1) is 21.3. The minimum Gasteiger partial charge on any atom is -0.397 e. The summed E-state index contributed by atoms with van der Waals surface area (Å²) in [5.74, 6) is -0.495. The molecule has 1 fully saturated rings. The molecular formula is C25H28F2N4. The van der Waals surface area contributed by atoms with E-state index in [1.807, 2.05) is 18.2 Å². The molecular weight excluding hydrogens is 394 g/mol. The van der Waals surface area contributed by atoms with Crippen molar-refractivity contribution >= 4 is 11.4 Å². The van der Waals surface area contributed by atoms with Crippen LogP contribution in [0.2, 0.25) is 0 Å². The number of anilines is 2. The maximum Gasteiger partial charge on any atom is 0.127 e. The summed E-state index contributed by atoms with van der Waals surface area (Å²) >= 11 is 0. The first-order valence-corrected chi connectivity index (χ1v) is 10.6. The monoisotopic (exact) mass is 422 g/mol. The Labute approximate surface area is 181 Å². The maximum absolute atomic E-state index is 14.8. The summed E-state index contributed by atoms with van der Waals surface area (Å²) in [7, 11) is 0. The molecule has 31 heavy (non-hydrogen) atoms. The van der Waals surface area contributed by atoms with Gasteiger partial charge in [0, 0.05) is 31.2 Å². The lowest BCUT2D eigenvalue weighted by Gasteiger charge is -2.26. The molecule has 0 spiro atoms. The molecule has 4 rings (SSSR count). The maximum atomic E-state index is 14.8. The number of nitrogen functional groups attached to an aromatic ring is 2. The number of nitrogens with two attached hydrogens (primary N) is 2. The van der Waals surface area contributed by atoms with Gasteiger partial charge in [0.15, 0.2) is 0 Å². The molecule has 1 heterocycles. The van der Waals surface area contributed by atoms with Crippen molar-refractivity contribution in [3.8, 4) is 11.1 Å². The van der Waals surface area contributed by atoms with Gasteiger partial charge in [-0.1, -0.05) is 24.3 Å². The van der Waals surface area contributed by atoms with Gasteiger partial charge in [-0.2, -0.15) is 0 Å². The van der Waals surface area contributed by atoms with E-state index in [-0.39, 0.29) is 11.6 Å². The third-order valence-electron chi connectivity index (χ3n) is 5.82. The predicted octanol–water partition coefficient (Wildman–Crippen LogP) is 4.55. The normalized spacial score (nSPS) is 16.2. The van der Waals surface area contributed by atoms with Crippen LogP contribution in [-0.4, -0.2) is 24.0 Å². The highest BCUT2D eigenvalue weighted by molar-refractivity contribution is 5.74. The van der Waals surface area contributed by atoms with Crippen molar-refractivity contribution in [1.82, 2.24) is 10.2 Å². The van der Waals surface area contributed by atoms with Crippen LogP contribution in [-0.2, 0) is 13.1 Å². The highest BCUT2D eigenvalue weighted by Crippen LogP contribution is 2.27. The topological polar surface area (TPSA) is 67.3 Å². The van der Waals surface area contributed by atoms with Crippen LogP contribution in [0.15, 0.2) is 60.7 Å². The Kier molecular flexibility index (Phi) is 6.49. The molecule has 1 aliphatic heterocycles. The van der Waals surface area contributed by atoms with Crippen LogP contribution < -0.4 is 16.8 Å². The second kappa shape index (κ2) is 9.45. The van der Waals surface area contributed by atoms with Crippen LogP contribution in [0.4, 0.5) is 20.2 Å². The van der Waals surface area contributed by atoms with Gasteiger partial charge in [-0.3, -0.25) is 4.90 Å². The van der Waals surface area contributed by atoms with E-state index < -0.39 is 0 Å². The largest absolute Gasteiger partial charge is 0.397 e.